The van der Waals surface area contributed by atoms with Crippen molar-refractivity contribution in [2.24, 2.45) is 0 Å². The van der Waals surface area contributed by atoms with E-state index < -0.39 is 11.8 Å². The number of nitrogens with one attached hydrogen (secondary N) is 3. The highest BCUT2D eigenvalue weighted by molar-refractivity contribution is 6.30. The highest BCUT2D eigenvalue weighted by Crippen LogP contribution is 2.15. The summed E-state index contributed by atoms with van der Waals surface area (Å²) in [6.07, 6.45) is 0. The van der Waals surface area contributed by atoms with Crippen LogP contribution in [0.15, 0.2) is 72.8 Å². The number of halogens is 1. The molecule has 3 amide bonds. The molecule has 8 heteroatoms. The van der Waals surface area contributed by atoms with E-state index in [4.69, 9.17) is 16.3 Å². The van der Waals surface area contributed by atoms with Gasteiger partial charge in [0.05, 0.1) is 7.11 Å². The van der Waals surface area contributed by atoms with Gasteiger partial charge < -0.3 is 10.1 Å². The Morgan fingerprint density at radius 3 is 1.60 bits per heavy atom. The Hall–Kier alpha value is -3.84. The molecular weight excluding hydrogens is 406 g/mol. The quantitative estimate of drug-likeness (QED) is 0.545. The van der Waals surface area contributed by atoms with Crippen LogP contribution in [0, 0.1) is 0 Å². The van der Waals surface area contributed by atoms with E-state index in [0.29, 0.717) is 33.1 Å². The molecule has 7 nitrogen and oxygen atoms in total. The molecule has 0 aliphatic heterocycles. The molecule has 0 fully saturated rings. The Bertz CT molecular complexity index is 1050. The van der Waals surface area contributed by atoms with Crippen LogP contribution >= 0.6 is 11.6 Å². The van der Waals surface area contributed by atoms with Crippen LogP contribution in [-0.4, -0.2) is 24.8 Å². The molecule has 0 atom stereocenters. The molecule has 3 rings (SSSR count). The number of amides is 3. The van der Waals surface area contributed by atoms with Crippen molar-refractivity contribution in [3.8, 4) is 5.75 Å². The average molecular weight is 424 g/mol. The van der Waals surface area contributed by atoms with Gasteiger partial charge in [-0.05, 0) is 72.8 Å². The third-order valence-electron chi connectivity index (χ3n) is 4.15. The number of hydrogen-bond donors (Lipinski definition) is 3. The molecule has 0 spiro atoms. The lowest BCUT2D eigenvalue weighted by Crippen LogP contribution is -2.41. The standard InChI is InChI=1S/C22H18ClN3O4/c1-30-19-12-6-14(7-13-19)20(27)24-18-10-4-16(5-11-18)22(29)26-25-21(28)15-2-8-17(23)9-3-15/h2-13H,1H3,(H,24,27)(H,25,28)(H,26,29). The summed E-state index contributed by atoms with van der Waals surface area (Å²) in [7, 11) is 1.55. The zero-order valence-electron chi connectivity index (χ0n) is 15.9. The number of ether oxygens (including phenoxy) is 1. The van der Waals surface area contributed by atoms with E-state index >= 15 is 0 Å². The zero-order chi connectivity index (χ0) is 21.5. The molecule has 30 heavy (non-hydrogen) atoms. The minimum atomic E-state index is -0.495. The summed E-state index contributed by atoms with van der Waals surface area (Å²) >= 11 is 5.78. The van der Waals surface area contributed by atoms with Gasteiger partial charge >= 0.3 is 0 Å². The third-order valence-corrected chi connectivity index (χ3v) is 4.41. The van der Waals surface area contributed by atoms with Crippen LogP contribution in [0.4, 0.5) is 5.69 Å². The van der Waals surface area contributed by atoms with Crippen LogP contribution in [0.25, 0.3) is 0 Å². The molecule has 3 N–H and O–H groups in total. The lowest BCUT2D eigenvalue weighted by molar-refractivity contribution is 0.0846. The molecule has 0 heterocycles. The average Bonchev–Trinajstić information content (AvgIpc) is 2.78. The minimum absolute atomic E-state index is 0.287. The maximum absolute atomic E-state index is 12.3. The fourth-order valence-corrected chi connectivity index (χ4v) is 2.64. The molecule has 3 aromatic carbocycles. The number of carbonyl (C=O) groups is 3. The Balaban J connectivity index is 1.55. The second-order valence-corrected chi connectivity index (χ2v) is 6.61. The fraction of sp³-hybridized carbons (Fsp3) is 0.0455. The van der Waals surface area contributed by atoms with Crippen molar-refractivity contribution in [3.05, 3.63) is 94.5 Å². The van der Waals surface area contributed by atoms with Crippen LogP contribution in [0.5, 0.6) is 5.75 Å². The minimum Gasteiger partial charge on any atom is -0.497 e. The lowest BCUT2D eigenvalue weighted by atomic mass is 10.1. The molecule has 0 aromatic heterocycles. The van der Waals surface area contributed by atoms with Gasteiger partial charge in [0.15, 0.2) is 0 Å². The molecule has 3 aromatic rings. The maximum Gasteiger partial charge on any atom is 0.269 e. The summed E-state index contributed by atoms with van der Waals surface area (Å²) in [6, 6.07) is 19.2. The van der Waals surface area contributed by atoms with Gasteiger partial charge in [0.2, 0.25) is 0 Å². The summed E-state index contributed by atoms with van der Waals surface area (Å²) in [6.45, 7) is 0. The van der Waals surface area contributed by atoms with Crippen LogP contribution in [-0.2, 0) is 0 Å². The van der Waals surface area contributed by atoms with Crippen molar-refractivity contribution < 1.29 is 19.1 Å². The number of rotatable bonds is 5. The topological polar surface area (TPSA) is 96.5 Å². The lowest BCUT2D eigenvalue weighted by Gasteiger charge is -2.09. The van der Waals surface area contributed by atoms with Crippen molar-refractivity contribution in [2.45, 2.75) is 0 Å². The van der Waals surface area contributed by atoms with E-state index in [1.165, 1.54) is 12.1 Å². The van der Waals surface area contributed by atoms with Crippen LogP contribution < -0.4 is 20.9 Å². The molecule has 152 valence electrons. The van der Waals surface area contributed by atoms with Crippen molar-refractivity contribution in [2.75, 3.05) is 12.4 Å². The van der Waals surface area contributed by atoms with E-state index in [1.807, 2.05) is 0 Å². The second kappa shape index (κ2) is 9.58. The van der Waals surface area contributed by atoms with Gasteiger partial charge in [0.1, 0.15) is 5.75 Å². The summed E-state index contributed by atoms with van der Waals surface area (Å²) < 4.78 is 5.07. The monoisotopic (exact) mass is 423 g/mol. The van der Waals surface area contributed by atoms with Crippen LogP contribution in [0.2, 0.25) is 5.02 Å². The SMILES string of the molecule is COc1ccc(C(=O)Nc2ccc(C(=O)NNC(=O)c3ccc(Cl)cc3)cc2)cc1. The van der Waals surface area contributed by atoms with Gasteiger partial charge in [-0.3, -0.25) is 25.2 Å². The normalized spacial score (nSPS) is 10.1. The zero-order valence-corrected chi connectivity index (χ0v) is 16.7. The summed E-state index contributed by atoms with van der Waals surface area (Å²) in [4.78, 5) is 36.5. The maximum atomic E-state index is 12.3. The molecule has 0 saturated heterocycles. The van der Waals surface area contributed by atoms with E-state index in [1.54, 1.807) is 67.8 Å². The van der Waals surface area contributed by atoms with Gasteiger partial charge in [-0.2, -0.15) is 0 Å². The first-order valence-corrected chi connectivity index (χ1v) is 9.26. The van der Waals surface area contributed by atoms with Crippen LogP contribution in [0.3, 0.4) is 0 Å². The number of methoxy groups -OCH3 is 1. The molecule has 0 aliphatic carbocycles. The second-order valence-electron chi connectivity index (χ2n) is 6.18. The third kappa shape index (κ3) is 5.36. The first-order chi connectivity index (χ1) is 14.5. The number of anilines is 1. The van der Waals surface area contributed by atoms with E-state index in [-0.39, 0.29) is 5.91 Å². The van der Waals surface area contributed by atoms with E-state index in [0.717, 1.165) is 0 Å². The molecule has 0 aliphatic rings. The van der Waals surface area contributed by atoms with Crippen LogP contribution in [0.1, 0.15) is 31.1 Å². The molecule has 0 radical (unpaired) electrons. The molecule has 0 bridgehead atoms. The number of carbonyl (C=O) groups excluding carboxylic acids is 3. The predicted molar refractivity (Wildman–Crippen MR) is 114 cm³/mol. The molecule has 0 unspecified atom stereocenters. The fourth-order valence-electron chi connectivity index (χ4n) is 2.51. The Morgan fingerprint density at radius 2 is 1.10 bits per heavy atom. The molecular formula is C22H18ClN3O4. The van der Waals surface area contributed by atoms with E-state index in [9.17, 15) is 14.4 Å². The smallest absolute Gasteiger partial charge is 0.269 e. The Kier molecular flexibility index (Phi) is 6.67. The van der Waals surface area contributed by atoms with E-state index in [2.05, 4.69) is 16.2 Å². The predicted octanol–water partition coefficient (Wildman–Crippen LogP) is 3.68. The highest BCUT2D eigenvalue weighted by atomic mass is 35.5. The first kappa shape index (κ1) is 20.9. The first-order valence-electron chi connectivity index (χ1n) is 8.88. The van der Waals surface area contributed by atoms with Gasteiger partial charge in [-0.15, -0.1) is 0 Å². The highest BCUT2D eigenvalue weighted by Gasteiger charge is 2.10. The van der Waals surface area contributed by atoms with Crippen molar-refractivity contribution in [1.82, 2.24) is 10.9 Å². The Labute approximate surface area is 178 Å². The Morgan fingerprint density at radius 1 is 0.667 bits per heavy atom. The number of hydrazine groups is 1. The number of hydrogen-bond acceptors (Lipinski definition) is 4. The molecule has 0 saturated carbocycles. The van der Waals surface area contributed by atoms with Crippen molar-refractivity contribution in [3.63, 3.8) is 0 Å². The summed E-state index contributed by atoms with van der Waals surface area (Å²) in [5, 5.41) is 3.26. The largest absolute Gasteiger partial charge is 0.497 e. The van der Waals surface area contributed by atoms with Crippen molar-refractivity contribution >= 4 is 35.0 Å². The number of benzene rings is 3. The van der Waals surface area contributed by atoms with Gasteiger partial charge in [0, 0.05) is 27.4 Å². The summed E-state index contributed by atoms with van der Waals surface area (Å²) in [5.74, 6) is -0.594. The van der Waals surface area contributed by atoms with Gasteiger partial charge in [-0.1, -0.05) is 11.6 Å². The summed E-state index contributed by atoms with van der Waals surface area (Å²) in [5.41, 5.74) is 6.34. The van der Waals surface area contributed by atoms with Gasteiger partial charge in [-0.25, -0.2) is 0 Å². The van der Waals surface area contributed by atoms with Gasteiger partial charge in [0.25, 0.3) is 17.7 Å². The van der Waals surface area contributed by atoms with Crippen molar-refractivity contribution in [1.29, 1.82) is 0 Å².